The first-order valence-corrected chi connectivity index (χ1v) is 12.3. The van der Waals surface area contributed by atoms with E-state index in [1.807, 2.05) is 36.4 Å². The number of rotatable bonds is 5. The molecule has 2 aromatic heterocycles. The topological polar surface area (TPSA) is 66.8 Å². The van der Waals surface area contributed by atoms with Gasteiger partial charge < -0.3 is 20.4 Å². The van der Waals surface area contributed by atoms with Crippen molar-refractivity contribution in [3.63, 3.8) is 0 Å². The smallest absolute Gasteiger partial charge is 0.150 e. The van der Waals surface area contributed by atoms with Gasteiger partial charge in [-0.15, -0.1) is 0 Å². The van der Waals surface area contributed by atoms with Crippen molar-refractivity contribution in [2.45, 2.75) is 12.8 Å². The predicted molar refractivity (Wildman–Crippen MR) is 147 cm³/mol. The van der Waals surface area contributed by atoms with Crippen molar-refractivity contribution in [3.05, 3.63) is 124 Å². The lowest BCUT2D eigenvalue weighted by Crippen LogP contribution is -2.07. The monoisotopic (exact) mass is 521 g/mol. The number of anilines is 1. The van der Waals surface area contributed by atoms with Gasteiger partial charge >= 0.3 is 0 Å². The van der Waals surface area contributed by atoms with Crippen LogP contribution in [0.15, 0.2) is 102 Å². The number of aromatic nitrogens is 2. The Morgan fingerprint density at radius 1 is 0.771 bits per heavy atom. The highest BCUT2D eigenvalue weighted by atomic mass is 79.9. The summed E-state index contributed by atoms with van der Waals surface area (Å²) in [4.78, 5) is 7.08. The van der Waals surface area contributed by atoms with Crippen LogP contribution in [0.25, 0.3) is 21.8 Å². The zero-order valence-electron chi connectivity index (χ0n) is 19.2. The van der Waals surface area contributed by atoms with Crippen LogP contribution in [0.1, 0.15) is 28.3 Å². The fraction of sp³-hybridized carbons (Fsp3) is 0.0667. The number of nitrogens with two attached hydrogens (primary N) is 1. The van der Waals surface area contributed by atoms with Crippen molar-refractivity contribution in [3.8, 4) is 11.5 Å². The average molecular weight is 522 g/mol. The molecule has 6 rings (SSSR count). The van der Waals surface area contributed by atoms with E-state index in [4.69, 9.17) is 10.5 Å². The Kier molecular flexibility index (Phi) is 5.34. The molecule has 1 atom stereocenters. The van der Waals surface area contributed by atoms with E-state index in [0.717, 1.165) is 32.5 Å². The first-order chi connectivity index (χ1) is 17.1. The number of ether oxygens (including phenoxy) is 1. The molecule has 0 aliphatic rings. The lowest BCUT2D eigenvalue weighted by molar-refractivity contribution is 0.477. The summed E-state index contributed by atoms with van der Waals surface area (Å²) in [6.45, 7) is 2.14. The number of para-hydroxylation sites is 4. The van der Waals surface area contributed by atoms with E-state index in [9.17, 15) is 0 Å². The van der Waals surface area contributed by atoms with Crippen LogP contribution in [0, 0.1) is 6.92 Å². The molecule has 0 radical (unpaired) electrons. The van der Waals surface area contributed by atoms with Crippen molar-refractivity contribution in [2.24, 2.45) is 0 Å². The van der Waals surface area contributed by atoms with E-state index in [2.05, 4.69) is 93.6 Å². The van der Waals surface area contributed by atoms with Crippen molar-refractivity contribution in [1.82, 2.24) is 9.97 Å². The zero-order chi connectivity index (χ0) is 23.9. The molecule has 0 spiro atoms. The van der Waals surface area contributed by atoms with Crippen LogP contribution in [0.5, 0.6) is 11.5 Å². The molecule has 0 bridgehead atoms. The number of halogens is 1. The molecular weight excluding hydrogens is 498 g/mol. The molecule has 4 aromatic carbocycles. The molecule has 0 saturated heterocycles. The molecule has 0 amide bonds. The first kappa shape index (κ1) is 21.6. The van der Waals surface area contributed by atoms with E-state index in [1.165, 1.54) is 21.9 Å². The molecule has 2 heterocycles. The van der Waals surface area contributed by atoms with Crippen LogP contribution >= 0.6 is 15.9 Å². The second-order valence-electron chi connectivity index (χ2n) is 8.75. The Labute approximate surface area is 211 Å². The Morgan fingerprint density at radius 3 is 2.31 bits per heavy atom. The fourth-order valence-corrected chi connectivity index (χ4v) is 5.39. The van der Waals surface area contributed by atoms with Gasteiger partial charge in [0.2, 0.25) is 0 Å². The van der Waals surface area contributed by atoms with Crippen LogP contribution in [0.4, 0.5) is 5.69 Å². The molecular formula is C30H24BrN3O. The second-order valence-corrected chi connectivity index (χ2v) is 9.67. The third-order valence-corrected chi connectivity index (χ3v) is 7.08. The van der Waals surface area contributed by atoms with Gasteiger partial charge in [0, 0.05) is 49.7 Å². The van der Waals surface area contributed by atoms with E-state index < -0.39 is 0 Å². The third-order valence-electron chi connectivity index (χ3n) is 6.59. The summed E-state index contributed by atoms with van der Waals surface area (Å²) < 4.78 is 7.46. The summed E-state index contributed by atoms with van der Waals surface area (Å²) in [5, 5.41) is 2.39. The maximum Gasteiger partial charge on any atom is 0.150 e. The molecule has 0 aliphatic carbocycles. The van der Waals surface area contributed by atoms with Crippen LogP contribution in [0.3, 0.4) is 0 Å². The third kappa shape index (κ3) is 3.78. The van der Waals surface area contributed by atoms with Crippen LogP contribution < -0.4 is 10.5 Å². The summed E-state index contributed by atoms with van der Waals surface area (Å²) in [7, 11) is 0. The standard InChI is InChI=1S/C30H24BrN3O/c1-18-29(21-9-3-6-12-26(21)34-18)30(23-17-33-25-11-5-2-8-20(23)25)22-16-19(31)14-15-27(22)35-28-13-7-4-10-24(28)32/h2-17,30,33-34H,32H2,1H3/t30-/m0/s1. The molecule has 4 N–H and O–H groups in total. The van der Waals surface area contributed by atoms with Gasteiger partial charge in [-0.05, 0) is 60.5 Å². The molecule has 6 aromatic rings. The van der Waals surface area contributed by atoms with Gasteiger partial charge in [-0.3, -0.25) is 0 Å². The van der Waals surface area contributed by atoms with Gasteiger partial charge in [-0.2, -0.15) is 0 Å². The molecule has 172 valence electrons. The summed E-state index contributed by atoms with van der Waals surface area (Å²) in [5.74, 6) is 1.33. The predicted octanol–water partition coefficient (Wildman–Crippen LogP) is 8.27. The number of aromatic amines is 2. The number of fused-ring (bicyclic) bond motifs is 2. The number of nitrogen functional groups attached to an aromatic ring is 1. The number of nitrogens with one attached hydrogen (secondary N) is 2. The highest BCUT2D eigenvalue weighted by molar-refractivity contribution is 9.10. The first-order valence-electron chi connectivity index (χ1n) is 11.5. The Balaban J connectivity index is 1.64. The lowest BCUT2D eigenvalue weighted by atomic mass is 9.83. The van der Waals surface area contributed by atoms with Crippen molar-refractivity contribution in [2.75, 3.05) is 5.73 Å². The molecule has 0 unspecified atom stereocenters. The van der Waals surface area contributed by atoms with E-state index >= 15 is 0 Å². The normalized spacial score (nSPS) is 12.3. The maximum absolute atomic E-state index is 6.47. The SMILES string of the molecule is Cc1[nH]c2ccccc2c1[C@@H](c1cc(Br)ccc1Oc1ccccc1N)c1c[nH]c2ccccc12. The largest absolute Gasteiger partial charge is 0.455 e. The Morgan fingerprint density at radius 2 is 1.49 bits per heavy atom. The molecule has 0 saturated carbocycles. The van der Waals surface area contributed by atoms with Gasteiger partial charge in [-0.1, -0.05) is 64.5 Å². The zero-order valence-corrected chi connectivity index (χ0v) is 20.8. The van der Waals surface area contributed by atoms with Gasteiger partial charge in [0.25, 0.3) is 0 Å². The summed E-state index contributed by atoms with van der Waals surface area (Å²) in [5.41, 5.74) is 13.7. The van der Waals surface area contributed by atoms with Gasteiger partial charge in [-0.25, -0.2) is 0 Å². The molecule has 35 heavy (non-hydrogen) atoms. The summed E-state index contributed by atoms with van der Waals surface area (Å²) >= 11 is 3.71. The maximum atomic E-state index is 6.47. The lowest BCUT2D eigenvalue weighted by Gasteiger charge is -2.22. The number of hydrogen-bond acceptors (Lipinski definition) is 2. The highest BCUT2D eigenvalue weighted by Crippen LogP contribution is 2.46. The van der Waals surface area contributed by atoms with Crippen LogP contribution in [-0.4, -0.2) is 9.97 Å². The second kappa shape index (κ2) is 8.67. The molecule has 0 fully saturated rings. The molecule has 4 nitrogen and oxygen atoms in total. The minimum absolute atomic E-state index is 0.0836. The minimum Gasteiger partial charge on any atom is -0.455 e. The minimum atomic E-state index is -0.0836. The van der Waals surface area contributed by atoms with Crippen molar-refractivity contribution >= 4 is 43.4 Å². The Hall–Kier alpha value is -3.96. The number of benzene rings is 4. The van der Waals surface area contributed by atoms with Crippen molar-refractivity contribution in [1.29, 1.82) is 0 Å². The highest BCUT2D eigenvalue weighted by Gasteiger charge is 2.28. The van der Waals surface area contributed by atoms with E-state index in [-0.39, 0.29) is 5.92 Å². The van der Waals surface area contributed by atoms with E-state index in [1.54, 1.807) is 0 Å². The molecule has 5 heteroatoms. The number of H-pyrrole nitrogens is 2. The van der Waals surface area contributed by atoms with Crippen LogP contribution in [0.2, 0.25) is 0 Å². The van der Waals surface area contributed by atoms with Gasteiger partial charge in [0.15, 0.2) is 0 Å². The van der Waals surface area contributed by atoms with E-state index in [0.29, 0.717) is 11.4 Å². The van der Waals surface area contributed by atoms with Crippen LogP contribution in [-0.2, 0) is 0 Å². The number of hydrogen-bond donors (Lipinski definition) is 3. The van der Waals surface area contributed by atoms with Gasteiger partial charge in [0.1, 0.15) is 11.5 Å². The molecule has 0 aliphatic heterocycles. The Bertz CT molecular complexity index is 1680. The number of aryl methyl sites for hydroxylation is 1. The summed E-state index contributed by atoms with van der Waals surface area (Å²) in [6.07, 6.45) is 2.12. The quantitative estimate of drug-likeness (QED) is 0.200. The van der Waals surface area contributed by atoms with Crippen molar-refractivity contribution < 1.29 is 4.74 Å². The average Bonchev–Trinajstić information content (AvgIpc) is 3.44. The summed E-state index contributed by atoms with van der Waals surface area (Å²) in [6, 6.07) is 30.7. The fourth-order valence-electron chi connectivity index (χ4n) is 5.01. The van der Waals surface area contributed by atoms with Gasteiger partial charge in [0.05, 0.1) is 5.69 Å².